The Morgan fingerprint density at radius 1 is 1.20 bits per heavy atom. The highest BCUT2D eigenvalue weighted by Gasteiger charge is 2.14. The molecular formula is C21H23FN2O. The van der Waals surface area contributed by atoms with E-state index in [1.54, 1.807) is 6.07 Å². The molecule has 0 fully saturated rings. The number of hydrogen-bond acceptors (Lipinski definition) is 1. The lowest BCUT2D eigenvalue weighted by Crippen LogP contribution is -2.25. The summed E-state index contributed by atoms with van der Waals surface area (Å²) in [7, 11) is 0. The average Bonchev–Trinajstić information content (AvgIpc) is 2.96. The van der Waals surface area contributed by atoms with Gasteiger partial charge in [-0.05, 0) is 61.6 Å². The van der Waals surface area contributed by atoms with Gasteiger partial charge in [0.15, 0.2) is 0 Å². The minimum absolute atomic E-state index is 0.0734. The quantitative estimate of drug-likeness (QED) is 0.709. The molecule has 0 aliphatic rings. The fraction of sp³-hybridized carbons (Fsp3) is 0.286. The SMILES string of the molecule is CCc1cccc(C(=O)NCCc2c(C)[nH]c3c(F)ccc(C)c23)c1. The lowest BCUT2D eigenvalue weighted by molar-refractivity contribution is 0.0954. The summed E-state index contributed by atoms with van der Waals surface area (Å²) in [6.07, 6.45) is 1.57. The van der Waals surface area contributed by atoms with Crippen molar-refractivity contribution in [3.05, 3.63) is 70.2 Å². The Bertz CT molecular complexity index is 927. The molecule has 0 radical (unpaired) electrons. The first-order valence-corrected chi connectivity index (χ1v) is 8.64. The van der Waals surface area contributed by atoms with E-state index >= 15 is 0 Å². The minimum atomic E-state index is -0.240. The number of carbonyl (C=O) groups is 1. The van der Waals surface area contributed by atoms with Gasteiger partial charge < -0.3 is 10.3 Å². The van der Waals surface area contributed by atoms with Crippen molar-refractivity contribution < 1.29 is 9.18 Å². The van der Waals surface area contributed by atoms with Crippen LogP contribution in [0.2, 0.25) is 0 Å². The number of aromatic amines is 1. The number of H-pyrrole nitrogens is 1. The Morgan fingerprint density at radius 2 is 2.00 bits per heavy atom. The molecule has 0 aliphatic carbocycles. The Kier molecular flexibility index (Phi) is 4.88. The van der Waals surface area contributed by atoms with Gasteiger partial charge in [-0.3, -0.25) is 4.79 Å². The van der Waals surface area contributed by atoms with E-state index in [1.807, 2.05) is 38.1 Å². The van der Waals surface area contributed by atoms with Crippen LogP contribution in [0.25, 0.3) is 10.9 Å². The number of benzene rings is 2. The van der Waals surface area contributed by atoms with Gasteiger partial charge in [-0.2, -0.15) is 0 Å². The number of aromatic nitrogens is 1. The Morgan fingerprint density at radius 3 is 2.76 bits per heavy atom. The maximum atomic E-state index is 14.0. The maximum absolute atomic E-state index is 14.0. The van der Waals surface area contributed by atoms with Gasteiger partial charge in [-0.15, -0.1) is 0 Å². The lowest BCUT2D eigenvalue weighted by atomic mass is 10.0. The second-order valence-electron chi connectivity index (χ2n) is 6.40. The molecule has 4 heteroatoms. The van der Waals surface area contributed by atoms with Crippen LogP contribution >= 0.6 is 0 Å². The molecule has 0 atom stereocenters. The van der Waals surface area contributed by atoms with Crippen molar-refractivity contribution in [1.29, 1.82) is 0 Å². The smallest absolute Gasteiger partial charge is 0.251 e. The highest BCUT2D eigenvalue weighted by molar-refractivity contribution is 5.94. The van der Waals surface area contributed by atoms with Crippen LogP contribution in [0.3, 0.4) is 0 Å². The van der Waals surface area contributed by atoms with Crippen molar-refractivity contribution >= 4 is 16.8 Å². The molecule has 0 saturated heterocycles. The predicted molar refractivity (Wildman–Crippen MR) is 99.6 cm³/mol. The summed E-state index contributed by atoms with van der Waals surface area (Å²) in [5.41, 5.74) is 5.43. The van der Waals surface area contributed by atoms with Gasteiger partial charge in [0, 0.05) is 23.2 Å². The van der Waals surface area contributed by atoms with Crippen LogP contribution in [0.4, 0.5) is 4.39 Å². The van der Waals surface area contributed by atoms with E-state index in [4.69, 9.17) is 0 Å². The molecule has 0 unspecified atom stereocenters. The Balaban J connectivity index is 1.74. The summed E-state index contributed by atoms with van der Waals surface area (Å²) in [6.45, 7) is 6.51. The molecule has 3 aromatic rings. The van der Waals surface area contributed by atoms with Gasteiger partial charge in [0.1, 0.15) is 5.82 Å². The van der Waals surface area contributed by atoms with E-state index in [1.165, 1.54) is 6.07 Å². The maximum Gasteiger partial charge on any atom is 0.251 e. The molecule has 1 heterocycles. The molecule has 0 spiro atoms. The zero-order valence-corrected chi connectivity index (χ0v) is 14.9. The van der Waals surface area contributed by atoms with Crippen LogP contribution in [-0.4, -0.2) is 17.4 Å². The van der Waals surface area contributed by atoms with E-state index in [-0.39, 0.29) is 11.7 Å². The monoisotopic (exact) mass is 338 g/mol. The summed E-state index contributed by atoms with van der Waals surface area (Å²) in [5.74, 6) is -0.314. The van der Waals surface area contributed by atoms with Crippen LogP contribution < -0.4 is 5.32 Å². The van der Waals surface area contributed by atoms with E-state index < -0.39 is 0 Å². The Hall–Kier alpha value is -2.62. The number of rotatable bonds is 5. The van der Waals surface area contributed by atoms with Crippen LogP contribution in [0.15, 0.2) is 36.4 Å². The molecular weight excluding hydrogens is 315 g/mol. The van der Waals surface area contributed by atoms with Gasteiger partial charge >= 0.3 is 0 Å². The first-order chi connectivity index (χ1) is 12.0. The second kappa shape index (κ2) is 7.09. The third-order valence-corrected chi connectivity index (χ3v) is 4.69. The summed E-state index contributed by atoms with van der Waals surface area (Å²) in [6, 6.07) is 11.0. The predicted octanol–water partition coefficient (Wildman–Crippen LogP) is 4.46. The molecule has 1 amide bonds. The minimum Gasteiger partial charge on any atom is -0.356 e. The average molecular weight is 338 g/mol. The molecule has 3 nitrogen and oxygen atoms in total. The van der Waals surface area contributed by atoms with Crippen LogP contribution in [0.5, 0.6) is 0 Å². The first-order valence-electron chi connectivity index (χ1n) is 8.64. The summed E-state index contributed by atoms with van der Waals surface area (Å²) in [5, 5.41) is 3.90. The van der Waals surface area contributed by atoms with Crippen molar-refractivity contribution in [2.24, 2.45) is 0 Å². The van der Waals surface area contributed by atoms with Crippen molar-refractivity contribution in [1.82, 2.24) is 10.3 Å². The number of hydrogen-bond donors (Lipinski definition) is 2. The van der Waals surface area contributed by atoms with Crippen molar-refractivity contribution in [3.8, 4) is 0 Å². The van der Waals surface area contributed by atoms with Crippen LogP contribution in [-0.2, 0) is 12.8 Å². The normalized spacial score (nSPS) is 11.0. The molecule has 0 saturated carbocycles. The zero-order chi connectivity index (χ0) is 18.0. The van der Waals surface area contributed by atoms with Crippen molar-refractivity contribution in [2.75, 3.05) is 6.54 Å². The van der Waals surface area contributed by atoms with E-state index in [2.05, 4.69) is 17.2 Å². The standard InChI is InChI=1S/C21H23FN2O/c1-4-15-6-5-7-16(12-15)21(25)23-11-10-17-14(3)24-20-18(22)9-8-13(2)19(17)20/h5-9,12,24H,4,10-11H2,1-3H3,(H,23,25). The van der Waals surface area contributed by atoms with Crippen molar-refractivity contribution in [2.45, 2.75) is 33.6 Å². The molecule has 1 aromatic heterocycles. The lowest BCUT2D eigenvalue weighted by Gasteiger charge is -2.08. The number of nitrogens with one attached hydrogen (secondary N) is 2. The molecule has 0 bridgehead atoms. The molecule has 2 N–H and O–H groups in total. The summed E-state index contributed by atoms with van der Waals surface area (Å²) in [4.78, 5) is 15.5. The van der Waals surface area contributed by atoms with Crippen LogP contribution in [0.1, 0.15) is 39.7 Å². The van der Waals surface area contributed by atoms with Gasteiger partial charge in [-0.1, -0.05) is 25.1 Å². The third-order valence-electron chi connectivity index (χ3n) is 4.69. The first kappa shape index (κ1) is 17.2. The molecule has 130 valence electrons. The number of fused-ring (bicyclic) bond motifs is 1. The van der Waals surface area contributed by atoms with E-state index in [0.29, 0.717) is 24.0 Å². The number of amides is 1. The van der Waals surface area contributed by atoms with E-state index in [0.717, 1.165) is 34.2 Å². The molecule has 25 heavy (non-hydrogen) atoms. The highest BCUT2D eigenvalue weighted by Crippen LogP contribution is 2.27. The molecule has 3 rings (SSSR count). The number of aryl methyl sites for hydroxylation is 3. The zero-order valence-electron chi connectivity index (χ0n) is 14.9. The summed E-state index contributed by atoms with van der Waals surface area (Å²) < 4.78 is 14.0. The highest BCUT2D eigenvalue weighted by atomic mass is 19.1. The molecule has 0 aliphatic heterocycles. The van der Waals surface area contributed by atoms with Crippen LogP contribution in [0, 0.1) is 19.7 Å². The fourth-order valence-electron chi connectivity index (χ4n) is 3.29. The topological polar surface area (TPSA) is 44.9 Å². The second-order valence-corrected chi connectivity index (χ2v) is 6.40. The Labute approximate surface area is 147 Å². The largest absolute Gasteiger partial charge is 0.356 e. The van der Waals surface area contributed by atoms with Gasteiger partial charge in [-0.25, -0.2) is 4.39 Å². The third kappa shape index (κ3) is 3.43. The van der Waals surface area contributed by atoms with E-state index in [9.17, 15) is 9.18 Å². The van der Waals surface area contributed by atoms with Gasteiger partial charge in [0.05, 0.1) is 5.52 Å². The summed E-state index contributed by atoms with van der Waals surface area (Å²) >= 11 is 0. The number of carbonyl (C=O) groups excluding carboxylic acids is 1. The van der Waals surface area contributed by atoms with Gasteiger partial charge in [0.2, 0.25) is 0 Å². The fourth-order valence-corrected chi connectivity index (χ4v) is 3.29. The molecule has 2 aromatic carbocycles. The van der Waals surface area contributed by atoms with Gasteiger partial charge in [0.25, 0.3) is 5.91 Å². The van der Waals surface area contributed by atoms with Crippen molar-refractivity contribution in [3.63, 3.8) is 0 Å². The number of halogens is 1.